The minimum absolute atomic E-state index is 0.141. The zero-order chi connectivity index (χ0) is 20.4. The zero-order valence-corrected chi connectivity index (χ0v) is 15.6. The quantitative estimate of drug-likeness (QED) is 0.655. The molecule has 146 valence electrons. The Morgan fingerprint density at radius 1 is 1.31 bits per heavy atom. The molecule has 4 rings (SSSR count). The van der Waals surface area contributed by atoms with Crippen molar-refractivity contribution in [2.75, 3.05) is 11.4 Å². The summed E-state index contributed by atoms with van der Waals surface area (Å²) in [5.41, 5.74) is 3.38. The summed E-state index contributed by atoms with van der Waals surface area (Å²) in [6.45, 7) is -0.493. The second-order valence-corrected chi connectivity index (χ2v) is 6.48. The molecule has 0 N–H and O–H groups in total. The molecule has 0 saturated carbocycles. The first-order chi connectivity index (χ1) is 14.1. The second kappa shape index (κ2) is 7.72. The van der Waals surface area contributed by atoms with E-state index in [1.165, 1.54) is 6.07 Å². The van der Waals surface area contributed by atoms with Crippen LogP contribution in [0.3, 0.4) is 0 Å². The number of halogens is 2. The van der Waals surface area contributed by atoms with Gasteiger partial charge in [-0.1, -0.05) is 30.4 Å². The monoisotopic (exact) mass is 393 g/mol. The number of hydrogen-bond donors (Lipinski definition) is 0. The molecule has 0 radical (unpaired) electrons. The van der Waals surface area contributed by atoms with Crippen molar-refractivity contribution in [2.24, 2.45) is 0 Å². The van der Waals surface area contributed by atoms with Crippen LogP contribution in [0.4, 0.5) is 14.6 Å². The third-order valence-electron chi connectivity index (χ3n) is 4.70. The Hall–Kier alpha value is -3.73. The molecule has 1 aliphatic heterocycles. The van der Waals surface area contributed by atoms with E-state index >= 15 is 0 Å². The van der Waals surface area contributed by atoms with Gasteiger partial charge in [0.15, 0.2) is 11.5 Å². The number of allylic oxidation sites excluding steroid dienone is 3. The summed E-state index contributed by atoms with van der Waals surface area (Å²) in [6.07, 6.45) is 9.31. The van der Waals surface area contributed by atoms with Gasteiger partial charge in [0, 0.05) is 18.5 Å². The number of imidazole rings is 1. The Morgan fingerprint density at radius 2 is 2.14 bits per heavy atom. The third-order valence-corrected chi connectivity index (χ3v) is 4.70. The van der Waals surface area contributed by atoms with Gasteiger partial charge in [-0.3, -0.25) is 4.40 Å². The molecule has 1 aliphatic rings. The molecule has 1 aromatic carbocycles. The van der Waals surface area contributed by atoms with Gasteiger partial charge in [-0.25, -0.2) is 9.97 Å². The van der Waals surface area contributed by atoms with Crippen molar-refractivity contribution in [3.8, 4) is 11.8 Å². The van der Waals surface area contributed by atoms with E-state index in [4.69, 9.17) is 0 Å². The van der Waals surface area contributed by atoms with Crippen molar-refractivity contribution in [1.82, 2.24) is 14.4 Å². The maximum atomic E-state index is 12.7. The summed E-state index contributed by atoms with van der Waals surface area (Å²) in [4.78, 5) is 10.8. The fourth-order valence-corrected chi connectivity index (χ4v) is 3.33. The standard InChI is InChI=1S/C21H17F2N5O/c1-14-17(10-15-6-2-3-8-18(15)29-21(22)23)28-13-20(25-12-19(28)26-14)27-9-5-4-7-16(27)11-24/h2-8,12-13,21H,9-10H2,1H3. The highest BCUT2D eigenvalue weighted by atomic mass is 19.3. The fraction of sp³-hybridized carbons (Fsp3) is 0.190. The Labute approximate surface area is 166 Å². The van der Waals surface area contributed by atoms with Crippen LogP contribution in [0.2, 0.25) is 0 Å². The van der Waals surface area contributed by atoms with Gasteiger partial charge in [0.1, 0.15) is 17.5 Å². The van der Waals surface area contributed by atoms with Gasteiger partial charge in [-0.15, -0.1) is 0 Å². The van der Waals surface area contributed by atoms with E-state index in [0.717, 1.165) is 11.4 Å². The number of nitrogens with zero attached hydrogens (tertiary/aromatic N) is 5. The van der Waals surface area contributed by atoms with E-state index in [1.807, 2.05) is 29.7 Å². The van der Waals surface area contributed by atoms with E-state index in [2.05, 4.69) is 20.8 Å². The number of nitriles is 1. The summed E-state index contributed by atoms with van der Waals surface area (Å²) in [6, 6.07) is 8.89. The fourth-order valence-electron chi connectivity index (χ4n) is 3.33. The molecule has 2 aromatic heterocycles. The van der Waals surface area contributed by atoms with Crippen molar-refractivity contribution in [2.45, 2.75) is 20.0 Å². The summed E-state index contributed by atoms with van der Waals surface area (Å²) in [5, 5.41) is 9.38. The van der Waals surface area contributed by atoms with E-state index in [1.54, 1.807) is 35.4 Å². The second-order valence-electron chi connectivity index (χ2n) is 6.48. The molecule has 0 unspecified atom stereocenters. The largest absolute Gasteiger partial charge is 0.435 e. The van der Waals surface area contributed by atoms with Gasteiger partial charge < -0.3 is 9.64 Å². The third kappa shape index (κ3) is 3.67. The molecule has 29 heavy (non-hydrogen) atoms. The average Bonchev–Trinajstić information content (AvgIpc) is 3.03. The number of para-hydroxylation sites is 1. The van der Waals surface area contributed by atoms with Crippen molar-refractivity contribution in [1.29, 1.82) is 5.26 Å². The van der Waals surface area contributed by atoms with Gasteiger partial charge in [-0.2, -0.15) is 14.0 Å². The van der Waals surface area contributed by atoms with Gasteiger partial charge in [-0.05, 0) is 19.1 Å². The van der Waals surface area contributed by atoms with Crippen molar-refractivity contribution >= 4 is 11.5 Å². The van der Waals surface area contributed by atoms with Crippen LogP contribution in [-0.2, 0) is 6.42 Å². The Balaban J connectivity index is 1.75. The molecule has 0 saturated heterocycles. The van der Waals surface area contributed by atoms with Crippen LogP contribution >= 0.6 is 0 Å². The summed E-state index contributed by atoms with van der Waals surface area (Å²) in [7, 11) is 0. The average molecular weight is 393 g/mol. The van der Waals surface area contributed by atoms with E-state index in [-0.39, 0.29) is 5.75 Å². The topological polar surface area (TPSA) is 66.5 Å². The smallest absolute Gasteiger partial charge is 0.387 e. The molecule has 0 amide bonds. The Morgan fingerprint density at radius 3 is 2.93 bits per heavy atom. The predicted molar refractivity (Wildman–Crippen MR) is 104 cm³/mol. The lowest BCUT2D eigenvalue weighted by Gasteiger charge is -2.23. The molecule has 6 nitrogen and oxygen atoms in total. The van der Waals surface area contributed by atoms with Crippen LogP contribution in [0, 0.1) is 18.3 Å². The molecule has 0 fully saturated rings. The van der Waals surface area contributed by atoms with E-state index in [9.17, 15) is 14.0 Å². The number of aromatic nitrogens is 3. The molecule has 3 aromatic rings. The van der Waals surface area contributed by atoms with Crippen molar-refractivity contribution in [3.63, 3.8) is 0 Å². The normalized spacial score (nSPS) is 13.6. The van der Waals surface area contributed by atoms with Crippen LogP contribution in [-0.4, -0.2) is 27.5 Å². The SMILES string of the molecule is Cc1nc2cnc(N3CC=CC=C3C#N)cn2c1Cc1ccccc1OC(F)F. The maximum Gasteiger partial charge on any atom is 0.387 e. The summed E-state index contributed by atoms with van der Waals surface area (Å²) in [5.74, 6) is 0.743. The number of benzene rings is 1. The molecule has 0 aliphatic carbocycles. The predicted octanol–water partition coefficient (Wildman–Crippen LogP) is 4.01. The number of alkyl halides is 2. The van der Waals surface area contributed by atoms with Gasteiger partial charge in [0.2, 0.25) is 0 Å². The first-order valence-corrected chi connectivity index (χ1v) is 8.97. The molecule has 0 spiro atoms. The lowest BCUT2D eigenvalue weighted by molar-refractivity contribution is -0.0503. The van der Waals surface area contributed by atoms with E-state index in [0.29, 0.717) is 35.7 Å². The Bertz CT molecular complexity index is 1160. The molecule has 0 atom stereocenters. The molecule has 8 heteroatoms. The number of hydrogen-bond acceptors (Lipinski definition) is 5. The van der Waals surface area contributed by atoms with Crippen LogP contribution in [0.15, 0.2) is 60.6 Å². The minimum atomic E-state index is -2.89. The zero-order valence-electron chi connectivity index (χ0n) is 15.6. The molecular weight excluding hydrogens is 376 g/mol. The lowest BCUT2D eigenvalue weighted by Crippen LogP contribution is -2.25. The van der Waals surface area contributed by atoms with Crippen molar-refractivity contribution < 1.29 is 13.5 Å². The molecule has 3 heterocycles. The Kier molecular flexibility index (Phi) is 4.96. The van der Waals surface area contributed by atoms with Crippen LogP contribution < -0.4 is 9.64 Å². The number of rotatable bonds is 5. The number of anilines is 1. The maximum absolute atomic E-state index is 12.7. The van der Waals surface area contributed by atoms with Crippen LogP contribution in [0.1, 0.15) is 17.0 Å². The summed E-state index contributed by atoms with van der Waals surface area (Å²) >= 11 is 0. The first kappa shape index (κ1) is 18.6. The summed E-state index contributed by atoms with van der Waals surface area (Å²) < 4.78 is 32.0. The van der Waals surface area contributed by atoms with Gasteiger partial charge >= 0.3 is 6.61 Å². The highest BCUT2D eigenvalue weighted by Crippen LogP contribution is 2.26. The van der Waals surface area contributed by atoms with Crippen molar-refractivity contribution in [3.05, 3.63) is 77.5 Å². The first-order valence-electron chi connectivity index (χ1n) is 8.97. The molecule has 0 bridgehead atoms. The van der Waals surface area contributed by atoms with E-state index < -0.39 is 6.61 Å². The molecular formula is C21H17F2N5O. The minimum Gasteiger partial charge on any atom is -0.435 e. The van der Waals surface area contributed by atoms with Crippen LogP contribution in [0.25, 0.3) is 5.65 Å². The number of ether oxygens (including phenoxy) is 1. The highest BCUT2D eigenvalue weighted by molar-refractivity contribution is 5.56. The van der Waals surface area contributed by atoms with Gasteiger partial charge in [0.25, 0.3) is 0 Å². The highest BCUT2D eigenvalue weighted by Gasteiger charge is 2.18. The lowest BCUT2D eigenvalue weighted by atomic mass is 10.1. The number of fused-ring (bicyclic) bond motifs is 1. The van der Waals surface area contributed by atoms with Crippen LogP contribution in [0.5, 0.6) is 5.75 Å². The number of aryl methyl sites for hydroxylation is 1. The van der Waals surface area contributed by atoms with Gasteiger partial charge in [0.05, 0.1) is 23.8 Å².